The summed E-state index contributed by atoms with van der Waals surface area (Å²) in [5.41, 5.74) is 2.28. The molecular weight excluding hydrogens is 252 g/mol. The van der Waals surface area contributed by atoms with Gasteiger partial charge in [0.2, 0.25) is 5.91 Å². The van der Waals surface area contributed by atoms with Gasteiger partial charge < -0.3 is 10.2 Å². The smallest absolute Gasteiger partial charge is 0.240 e. The number of amides is 1. The van der Waals surface area contributed by atoms with Crippen LogP contribution in [0.3, 0.4) is 0 Å². The minimum Gasteiger partial charge on any atom is -0.337 e. The Kier molecular flexibility index (Phi) is 5.17. The van der Waals surface area contributed by atoms with Crippen molar-refractivity contribution >= 4 is 5.91 Å². The Morgan fingerprint density at radius 1 is 1.45 bits per heavy atom. The molecular formula is C15H26N4O. The third-order valence-electron chi connectivity index (χ3n) is 3.86. The highest BCUT2D eigenvalue weighted by Gasteiger charge is 2.28. The first-order chi connectivity index (χ1) is 9.65. The largest absolute Gasteiger partial charge is 0.337 e. The molecule has 1 aliphatic rings. The molecule has 5 nitrogen and oxygen atoms in total. The van der Waals surface area contributed by atoms with Gasteiger partial charge in [-0.2, -0.15) is 5.10 Å². The normalized spacial score (nSPS) is 19.6. The standard InChI is InChI=1S/C15H26N4O/c1-4-8-16-14-7-6-9-19(15(14)20)11-12-10-18(3)17-13(12)5-2/h10,14,16H,4-9,11H2,1-3H3. The molecule has 20 heavy (non-hydrogen) atoms. The van der Waals surface area contributed by atoms with E-state index in [1.807, 2.05) is 22.8 Å². The molecule has 1 aromatic heterocycles. The summed E-state index contributed by atoms with van der Waals surface area (Å²) >= 11 is 0. The highest BCUT2D eigenvalue weighted by atomic mass is 16.2. The first-order valence-electron chi connectivity index (χ1n) is 7.69. The molecule has 0 aliphatic carbocycles. The number of nitrogens with one attached hydrogen (secondary N) is 1. The van der Waals surface area contributed by atoms with E-state index in [-0.39, 0.29) is 11.9 Å². The average Bonchev–Trinajstić information content (AvgIpc) is 2.80. The number of hydrogen-bond acceptors (Lipinski definition) is 3. The first kappa shape index (κ1) is 15.0. The zero-order chi connectivity index (χ0) is 14.5. The highest BCUT2D eigenvalue weighted by molar-refractivity contribution is 5.82. The van der Waals surface area contributed by atoms with Crippen LogP contribution in [0.2, 0.25) is 0 Å². The number of piperidine rings is 1. The predicted octanol–water partition coefficient (Wildman–Crippen LogP) is 1.47. The van der Waals surface area contributed by atoms with E-state index in [0.717, 1.165) is 44.5 Å². The molecule has 1 N–H and O–H groups in total. The zero-order valence-corrected chi connectivity index (χ0v) is 12.9. The van der Waals surface area contributed by atoms with Crippen LogP contribution in [0.1, 0.15) is 44.4 Å². The van der Waals surface area contributed by atoms with Crippen LogP contribution >= 0.6 is 0 Å². The van der Waals surface area contributed by atoms with Crippen LogP contribution in [0.15, 0.2) is 6.20 Å². The molecule has 2 rings (SSSR count). The molecule has 2 heterocycles. The number of rotatable bonds is 6. The van der Waals surface area contributed by atoms with Crippen molar-refractivity contribution < 1.29 is 4.79 Å². The van der Waals surface area contributed by atoms with Gasteiger partial charge in [0.25, 0.3) is 0 Å². The maximum atomic E-state index is 12.5. The quantitative estimate of drug-likeness (QED) is 0.857. The molecule has 0 saturated carbocycles. The lowest BCUT2D eigenvalue weighted by Crippen LogP contribution is -2.50. The van der Waals surface area contributed by atoms with E-state index in [1.165, 1.54) is 5.56 Å². The zero-order valence-electron chi connectivity index (χ0n) is 12.9. The van der Waals surface area contributed by atoms with Gasteiger partial charge in [-0.3, -0.25) is 9.48 Å². The summed E-state index contributed by atoms with van der Waals surface area (Å²) in [5.74, 6) is 0.246. The Morgan fingerprint density at radius 3 is 2.95 bits per heavy atom. The van der Waals surface area contributed by atoms with Crippen molar-refractivity contribution in [1.82, 2.24) is 20.0 Å². The molecule has 0 bridgehead atoms. The number of carbonyl (C=O) groups excluding carboxylic acids is 1. The van der Waals surface area contributed by atoms with Crippen LogP contribution in [0.5, 0.6) is 0 Å². The Bertz CT molecular complexity index is 455. The third kappa shape index (κ3) is 3.39. The van der Waals surface area contributed by atoms with Crippen molar-refractivity contribution in [1.29, 1.82) is 0 Å². The van der Waals surface area contributed by atoms with E-state index >= 15 is 0 Å². The van der Waals surface area contributed by atoms with Crippen molar-refractivity contribution in [3.8, 4) is 0 Å². The lowest BCUT2D eigenvalue weighted by Gasteiger charge is -2.32. The second-order valence-electron chi connectivity index (χ2n) is 5.54. The van der Waals surface area contributed by atoms with Gasteiger partial charge in [0.15, 0.2) is 0 Å². The summed E-state index contributed by atoms with van der Waals surface area (Å²) in [7, 11) is 1.94. The van der Waals surface area contributed by atoms with Gasteiger partial charge in [0, 0.05) is 31.9 Å². The number of aryl methyl sites for hydroxylation is 2. The van der Waals surface area contributed by atoms with Gasteiger partial charge in [-0.1, -0.05) is 13.8 Å². The second-order valence-corrected chi connectivity index (χ2v) is 5.54. The van der Waals surface area contributed by atoms with E-state index in [1.54, 1.807) is 0 Å². The topological polar surface area (TPSA) is 50.2 Å². The summed E-state index contributed by atoms with van der Waals surface area (Å²) in [6.07, 6.45) is 6.05. The van der Waals surface area contributed by atoms with Crippen LogP contribution < -0.4 is 5.32 Å². The van der Waals surface area contributed by atoms with Crippen molar-refractivity contribution in [2.75, 3.05) is 13.1 Å². The summed E-state index contributed by atoms with van der Waals surface area (Å²) in [4.78, 5) is 14.5. The van der Waals surface area contributed by atoms with Crippen LogP contribution in [-0.2, 0) is 24.8 Å². The van der Waals surface area contributed by atoms with Crippen LogP contribution in [-0.4, -0.2) is 39.7 Å². The van der Waals surface area contributed by atoms with Gasteiger partial charge in [0.05, 0.1) is 11.7 Å². The van der Waals surface area contributed by atoms with E-state index < -0.39 is 0 Å². The highest BCUT2D eigenvalue weighted by Crippen LogP contribution is 2.17. The number of likely N-dealkylation sites (tertiary alicyclic amines) is 1. The number of hydrogen-bond donors (Lipinski definition) is 1. The van der Waals surface area contributed by atoms with Crippen molar-refractivity contribution in [2.24, 2.45) is 7.05 Å². The van der Waals surface area contributed by atoms with Gasteiger partial charge >= 0.3 is 0 Å². The summed E-state index contributed by atoms with van der Waals surface area (Å²) in [5, 5.41) is 7.81. The molecule has 1 fully saturated rings. The summed E-state index contributed by atoms with van der Waals surface area (Å²) < 4.78 is 1.84. The minimum absolute atomic E-state index is 0.00504. The van der Waals surface area contributed by atoms with Crippen LogP contribution in [0.4, 0.5) is 0 Å². The molecule has 1 unspecified atom stereocenters. The minimum atomic E-state index is 0.00504. The van der Waals surface area contributed by atoms with E-state index in [2.05, 4.69) is 24.3 Å². The Morgan fingerprint density at radius 2 is 2.25 bits per heavy atom. The monoisotopic (exact) mass is 278 g/mol. The fourth-order valence-corrected chi connectivity index (χ4v) is 2.82. The van der Waals surface area contributed by atoms with E-state index in [0.29, 0.717) is 6.54 Å². The second kappa shape index (κ2) is 6.88. The van der Waals surface area contributed by atoms with E-state index in [9.17, 15) is 4.79 Å². The van der Waals surface area contributed by atoms with Gasteiger partial charge in [-0.25, -0.2) is 0 Å². The SMILES string of the molecule is CCCNC1CCCN(Cc2cn(C)nc2CC)C1=O. The third-order valence-corrected chi connectivity index (χ3v) is 3.86. The van der Waals surface area contributed by atoms with Crippen molar-refractivity contribution in [2.45, 2.75) is 52.1 Å². The molecule has 1 aliphatic heterocycles. The Hall–Kier alpha value is -1.36. The molecule has 5 heteroatoms. The molecule has 0 aromatic carbocycles. The number of nitrogens with zero attached hydrogens (tertiary/aromatic N) is 3. The predicted molar refractivity (Wildman–Crippen MR) is 79.3 cm³/mol. The molecule has 1 saturated heterocycles. The van der Waals surface area contributed by atoms with Gasteiger partial charge in [-0.05, 0) is 32.2 Å². The molecule has 1 aromatic rings. The number of aromatic nitrogens is 2. The van der Waals surface area contributed by atoms with E-state index in [4.69, 9.17) is 0 Å². The average molecular weight is 278 g/mol. The fraction of sp³-hybridized carbons (Fsp3) is 0.733. The summed E-state index contributed by atoms with van der Waals surface area (Å²) in [6.45, 7) is 6.70. The Labute approximate surface area is 121 Å². The van der Waals surface area contributed by atoms with Gasteiger partial charge in [-0.15, -0.1) is 0 Å². The lowest BCUT2D eigenvalue weighted by molar-refractivity contribution is -0.136. The molecule has 1 atom stereocenters. The van der Waals surface area contributed by atoms with Crippen LogP contribution in [0, 0.1) is 0 Å². The van der Waals surface area contributed by atoms with Crippen LogP contribution in [0.25, 0.3) is 0 Å². The fourth-order valence-electron chi connectivity index (χ4n) is 2.82. The summed E-state index contributed by atoms with van der Waals surface area (Å²) in [6, 6.07) is 0.00504. The Balaban J connectivity index is 2.02. The maximum Gasteiger partial charge on any atom is 0.240 e. The molecule has 112 valence electrons. The first-order valence-corrected chi connectivity index (χ1v) is 7.69. The van der Waals surface area contributed by atoms with Crippen molar-refractivity contribution in [3.05, 3.63) is 17.5 Å². The maximum absolute atomic E-state index is 12.5. The molecule has 0 spiro atoms. The number of carbonyl (C=O) groups is 1. The molecule has 1 amide bonds. The van der Waals surface area contributed by atoms with Crippen molar-refractivity contribution in [3.63, 3.8) is 0 Å². The van der Waals surface area contributed by atoms with Gasteiger partial charge in [0.1, 0.15) is 0 Å². The molecule has 0 radical (unpaired) electrons. The lowest BCUT2D eigenvalue weighted by atomic mass is 10.0.